The van der Waals surface area contributed by atoms with Gasteiger partial charge in [0.25, 0.3) is 0 Å². The number of para-hydroxylation sites is 1. The molecular weight excluding hydrogens is 358 g/mol. The van der Waals surface area contributed by atoms with Crippen LogP contribution in [0.2, 0.25) is 0 Å². The topological polar surface area (TPSA) is 83.0 Å². The van der Waals surface area contributed by atoms with Crippen molar-refractivity contribution < 1.29 is 19.4 Å². The molecule has 150 valence electrons. The zero-order chi connectivity index (χ0) is 20.1. The summed E-state index contributed by atoms with van der Waals surface area (Å²) in [5, 5.41) is 10.0. The zero-order valence-electron chi connectivity index (χ0n) is 16.4. The van der Waals surface area contributed by atoms with Crippen LogP contribution in [-0.2, 0) is 9.53 Å². The minimum Gasteiger partial charge on any atom is -0.480 e. The number of benzene rings is 1. The van der Waals surface area contributed by atoms with Crippen molar-refractivity contribution in [1.29, 1.82) is 0 Å². The van der Waals surface area contributed by atoms with E-state index in [0.717, 1.165) is 48.9 Å². The lowest BCUT2D eigenvalue weighted by Crippen LogP contribution is -2.36. The van der Waals surface area contributed by atoms with Crippen LogP contribution in [0.4, 0.5) is 5.69 Å². The van der Waals surface area contributed by atoms with Gasteiger partial charge in [-0.15, -0.1) is 0 Å². The van der Waals surface area contributed by atoms with E-state index in [4.69, 9.17) is 9.84 Å². The molecule has 28 heavy (non-hydrogen) atoms. The summed E-state index contributed by atoms with van der Waals surface area (Å²) in [6.07, 6.45) is 4.29. The van der Waals surface area contributed by atoms with E-state index in [2.05, 4.69) is 9.88 Å². The Morgan fingerprint density at radius 2 is 2.07 bits per heavy atom. The lowest BCUT2D eigenvalue weighted by atomic mass is 10.1. The molecule has 1 aromatic carbocycles. The van der Waals surface area contributed by atoms with E-state index in [0.29, 0.717) is 12.2 Å². The van der Waals surface area contributed by atoms with E-state index in [1.807, 2.05) is 36.2 Å². The molecule has 1 atom stereocenters. The van der Waals surface area contributed by atoms with Crippen molar-refractivity contribution >= 4 is 28.5 Å². The maximum atomic E-state index is 12.6. The number of carboxylic acids is 1. The van der Waals surface area contributed by atoms with Gasteiger partial charge < -0.3 is 14.7 Å². The van der Waals surface area contributed by atoms with Gasteiger partial charge in [-0.2, -0.15) is 0 Å². The number of hydrogen-bond donors (Lipinski definition) is 1. The van der Waals surface area contributed by atoms with Crippen LogP contribution in [0.5, 0.6) is 0 Å². The Labute approximate surface area is 164 Å². The largest absolute Gasteiger partial charge is 0.480 e. The summed E-state index contributed by atoms with van der Waals surface area (Å²) in [7, 11) is 1.86. The normalized spacial score (nSPS) is 17.5. The predicted octanol–water partition coefficient (Wildman–Crippen LogP) is 2.79. The molecule has 1 saturated heterocycles. The molecule has 1 fully saturated rings. The van der Waals surface area contributed by atoms with Crippen molar-refractivity contribution in [3.05, 3.63) is 36.0 Å². The van der Waals surface area contributed by atoms with Crippen LogP contribution in [0.1, 0.15) is 36.5 Å². The Bertz CT molecular complexity index is 855. The first-order valence-electron chi connectivity index (χ1n) is 9.73. The number of aliphatic carboxylic acids is 1. The number of hydrogen-bond acceptors (Lipinski definition) is 6. The Kier molecular flexibility index (Phi) is 6.46. The molecule has 1 N–H and O–H groups in total. The predicted molar refractivity (Wildman–Crippen MR) is 108 cm³/mol. The van der Waals surface area contributed by atoms with E-state index in [1.165, 1.54) is 0 Å². The molecule has 0 saturated carbocycles. The van der Waals surface area contributed by atoms with E-state index < -0.39 is 5.97 Å². The average molecular weight is 385 g/mol. The number of carbonyl (C=O) groups is 2. The summed E-state index contributed by atoms with van der Waals surface area (Å²) >= 11 is 0. The maximum Gasteiger partial charge on any atom is 0.341 e. The molecule has 0 bridgehead atoms. The van der Waals surface area contributed by atoms with Crippen LogP contribution in [0.25, 0.3) is 10.9 Å². The molecule has 0 radical (unpaired) electrons. The van der Waals surface area contributed by atoms with Crippen LogP contribution in [0.3, 0.4) is 0 Å². The van der Waals surface area contributed by atoms with Gasteiger partial charge in [0.1, 0.15) is 5.56 Å². The number of carboxylic acid groups (broad SMARTS) is 1. The fourth-order valence-corrected chi connectivity index (χ4v) is 3.91. The molecule has 1 aromatic heterocycles. The van der Waals surface area contributed by atoms with Gasteiger partial charge in [0.2, 0.25) is 0 Å². The summed E-state index contributed by atoms with van der Waals surface area (Å²) in [5.41, 5.74) is 2.19. The molecule has 3 rings (SSSR count). The summed E-state index contributed by atoms with van der Waals surface area (Å²) < 4.78 is 5.26. The third kappa shape index (κ3) is 4.42. The lowest BCUT2D eigenvalue weighted by molar-refractivity contribution is -0.138. The first-order valence-corrected chi connectivity index (χ1v) is 9.73. The summed E-state index contributed by atoms with van der Waals surface area (Å²) in [5.74, 6) is -1.17. The second-order valence-corrected chi connectivity index (χ2v) is 7.14. The highest BCUT2D eigenvalue weighted by atomic mass is 16.5. The van der Waals surface area contributed by atoms with E-state index >= 15 is 0 Å². The summed E-state index contributed by atoms with van der Waals surface area (Å²) in [6.45, 7) is 3.69. The van der Waals surface area contributed by atoms with Crippen molar-refractivity contribution in [3.63, 3.8) is 0 Å². The van der Waals surface area contributed by atoms with Crippen molar-refractivity contribution in [1.82, 2.24) is 9.88 Å². The minimum atomic E-state index is -0.812. The SMILES string of the molecule is CCOC(=O)c1cnc2ccccc2c1N1CCCC(N(C)CC(=O)O)CC1. The number of carbonyl (C=O) groups excluding carboxylic acids is 1. The number of anilines is 1. The van der Waals surface area contributed by atoms with E-state index in [9.17, 15) is 9.59 Å². The molecule has 7 nitrogen and oxygen atoms in total. The summed E-state index contributed by atoms with van der Waals surface area (Å²) in [4.78, 5) is 32.2. The fourth-order valence-electron chi connectivity index (χ4n) is 3.91. The highest BCUT2D eigenvalue weighted by Gasteiger charge is 2.26. The first-order chi connectivity index (χ1) is 13.5. The Balaban J connectivity index is 1.92. The molecule has 2 aromatic rings. The van der Waals surface area contributed by atoms with Crippen LogP contribution in [-0.4, -0.2) is 66.3 Å². The molecule has 1 aliphatic rings. The van der Waals surface area contributed by atoms with Crippen LogP contribution in [0, 0.1) is 0 Å². The van der Waals surface area contributed by atoms with Crippen molar-refractivity contribution in [3.8, 4) is 0 Å². The van der Waals surface area contributed by atoms with Gasteiger partial charge in [-0.3, -0.25) is 14.7 Å². The standard InChI is InChI=1S/C21H27N3O4/c1-3-28-21(27)17-13-22-18-9-5-4-8-16(18)20(17)24-11-6-7-15(10-12-24)23(2)14-19(25)26/h4-5,8-9,13,15H,3,6-7,10-12,14H2,1-2H3,(H,25,26). The number of aromatic nitrogens is 1. The van der Waals surface area contributed by atoms with Crippen molar-refractivity contribution in [2.75, 3.05) is 38.2 Å². The van der Waals surface area contributed by atoms with Crippen LogP contribution in [0.15, 0.2) is 30.5 Å². The third-order valence-corrected chi connectivity index (χ3v) is 5.26. The Morgan fingerprint density at radius 1 is 1.29 bits per heavy atom. The number of nitrogens with zero attached hydrogens (tertiary/aromatic N) is 3. The van der Waals surface area contributed by atoms with Gasteiger partial charge >= 0.3 is 11.9 Å². The molecule has 2 heterocycles. The number of esters is 1. The second kappa shape index (κ2) is 9.01. The number of fused-ring (bicyclic) bond motifs is 1. The smallest absolute Gasteiger partial charge is 0.341 e. The number of rotatable bonds is 6. The van der Waals surface area contributed by atoms with Gasteiger partial charge in [0, 0.05) is 30.7 Å². The monoisotopic (exact) mass is 385 g/mol. The number of likely N-dealkylation sites (N-methyl/N-ethyl adjacent to an activating group) is 1. The molecule has 0 spiro atoms. The second-order valence-electron chi connectivity index (χ2n) is 7.14. The minimum absolute atomic E-state index is 0.0386. The van der Waals surface area contributed by atoms with Gasteiger partial charge in [-0.25, -0.2) is 4.79 Å². The highest BCUT2D eigenvalue weighted by Crippen LogP contribution is 2.32. The van der Waals surface area contributed by atoms with Crippen molar-refractivity contribution in [2.24, 2.45) is 0 Å². The Hall–Kier alpha value is -2.67. The van der Waals surface area contributed by atoms with Crippen LogP contribution >= 0.6 is 0 Å². The zero-order valence-corrected chi connectivity index (χ0v) is 16.4. The number of pyridine rings is 1. The molecule has 7 heteroatoms. The molecule has 1 unspecified atom stereocenters. The fraction of sp³-hybridized carbons (Fsp3) is 0.476. The maximum absolute atomic E-state index is 12.6. The third-order valence-electron chi connectivity index (χ3n) is 5.26. The molecule has 1 aliphatic heterocycles. The van der Waals surface area contributed by atoms with Crippen LogP contribution < -0.4 is 4.90 Å². The van der Waals surface area contributed by atoms with Crippen molar-refractivity contribution in [2.45, 2.75) is 32.2 Å². The van der Waals surface area contributed by atoms with Gasteiger partial charge in [-0.05, 0) is 39.3 Å². The van der Waals surface area contributed by atoms with E-state index in [1.54, 1.807) is 13.1 Å². The molecular formula is C21H27N3O4. The average Bonchev–Trinajstić information content (AvgIpc) is 2.93. The highest BCUT2D eigenvalue weighted by molar-refractivity contribution is 6.05. The Morgan fingerprint density at radius 3 is 2.82 bits per heavy atom. The van der Waals surface area contributed by atoms with E-state index in [-0.39, 0.29) is 18.6 Å². The quantitative estimate of drug-likeness (QED) is 0.766. The van der Waals surface area contributed by atoms with Gasteiger partial charge in [0.05, 0.1) is 24.4 Å². The lowest BCUT2D eigenvalue weighted by Gasteiger charge is -2.28. The van der Waals surface area contributed by atoms with Gasteiger partial charge in [-0.1, -0.05) is 18.2 Å². The molecule has 0 aliphatic carbocycles. The first kappa shape index (κ1) is 20.1. The van der Waals surface area contributed by atoms with Gasteiger partial charge in [0.15, 0.2) is 0 Å². The molecule has 0 amide bonds. The summed E-state index contributed by atoms with van der Waals surface area (Å²) in [6, 6.07) is 8.01. The number of ether oxygens (including phenoxy) is 1.